The number of carbonyl (C=O) groups is 1. The summed E-state index contributed by atoms with van der Waals surface area (Å²) < 4.78 is 6.34. The van der Waals surface area contributed by atoms with Crippen LogP contribution in [0.15, 0.2) is 15.9 Å². The van der Waals surface area contributed by atoms with Gasteiger partial charge in [0.05, 0.1) is 24.5 Å². The lowest BCUT2D eigenvalue weighted by molar-refractivity contribution is -0.144. The molecule has 1 atom stereocenters. The molecular weight excluding hydrogens is 292 g/mol. The summed E-state index contributed by atoms with van der Waals surface area (Å²) in [5, 5.41) is 11.0. The third-order valence-corrected chi connectivity index (χ3v) is 4.90. The van der Waals surface area contributed by atoms with Gasteiger partial charge in [-0.2, -0.15) is 0 Å². The van der Waals surface area contributed by atoms with E-state index in [1.54, 1.807) is 18.3 Å². The van der Waals surface area contributed by atoms with Crippen LogP contribution in [0.2, 0.25) is 0 Å². The van der Waals surface area contributed by atoms with E-state index in [1.807, 2.05) is 5.38 Å². The van der Waals surface area contributed by atoms with Crippen LogP contribution in [0.3, 0.4) is 0 Å². The fourth-order valence-electron chi connectivity index (χ4n) is 1.97. The SMILES string of the molecule is CC(CC1(c2cc(Br)cs2)COC1)C(=O)O. The Morgan fingerprint density at radius 2 is 2.44 bits per heavy atom. The van der Waals surface area contributed by atoms with Crippen molar-refractivity contribution in [2.45, 2.75) is 18.8 Å². The van der Waals surface area contributed by atoms with E-state index in [-0.39, 0.29) is 11.3 Å². The van der Waals surface area contributed by atoms with E-state index in [0.717, 1.165) is 4.47 Å². The molecular formula is C11H13BrO3S. The third-order valence-electron chi connectivity index (χ3n) is 2.97. The topological polar surface area (TPSA) is 46.5 Å². The average molecular weight is 305 g/mol. The number of carboxylic acid groups (broad SMARTS) is 1. The van der Waals surface area contributed by atoms with Gasteiger partial charge < -0.3 is 9.84 Å². The van der Waals surface area contributed by atoms with Crippen molar-refractivity contribution in [1.82, 2.24) is 0 Å². The summed E-state index contributed by atoms with van der Waals surface area (Å²) >= 11 is 5.09. The molecule has 1 aromatic rings. The Morgan fingerprint density at radius 3 is 2.81 bits per heavy atom. The van der Waals surface area contributed by atoms with Gasteiger partial charge in [-0.3, -0.25) is 4.79 Å². The first-order chi connectivity index (χ1) is 7.53. The van der Waals surface area contributed by atoms with Crippen molar-refractivity contribution in [2.75, 3.05) is 13.2 Å². The maximum Gasteiger partial charge on any atom is 0.306 e. The van der Waals surface area contributed by atoms with E-state index in [2.05, 4.69) is 22.0 Å². The second kappa shape index (κ2) is 4.47. The minimum Gasteiger partial charge on any atom is -0.481 e. The van der Waals surface area contributed by atoms with E-state index in [4.69, 9.17) is 9.84 Å². The van der Waals surface area contributed by atoms with Gasteiger partial charge in [0.25, 0.3) is 0 Å². The monoisotopic (exact) mass is 304 g/mol. The number of halogens is 1. The Morgan fingerprint density at radius 1 is 1.75 bits per heavy atom. The van der Waals surface area contributed by atoms with Crippen LogP contribution in [0.25, 0.3) is 0 Å². The molecule has 1 aliphatic heterocycles. The molecule has 0 aliphatic carbocycles. The van der Waals surface area contributed by atoms with Gasteiger partial charge in [0.2, 0.25) is 0 Å². The summed E-state index contributed by atoms with van der Waals surface area (Å²) in [6, 6.07) is 2.07. The van der Waals surface area contributed by atoms with Gasteiger partial charge in [0.1, 0.15) is 0 Å². The highest BCUT2D eigenvalue weighted by molar-refractivity contribution is 9.10. The summed E-state index contributed by atoms with van der Waals surface area (Å²) in [6.45, 7) is 3.03. The first-order valence-electron chi connectivity index (χ1n) is 5.08. The van der Waals surface area contributed by atoms with Crippen LogP contribution >= 0.6 is 27.3 Å². The molecule has 0 bridgehead atoms. The van der Waals surface area contributed by atoms with E-state index >= 15 is 0 Å². The predicted octanol–water partition coefficient (Wildman–Crippen LogP) is 2.89. The van der Waals surface area contributed by atoms with Crippen LogP contribution in [-0.2, 0) is 14.9 Å². The second-order valence-corrected chi connectivity index (χ2v) is 6.17. The Balaban J connectivity index is 2.17. The van der Waals surface area contributed by atoms with Crippen molar-refractivity contribution in [1.29, 1.82) is 0 Å². The fraction of sp³-hybridized carbons (Fsp3) is 0.545. The Labute approximate surface area is 107 Å². The Kier molecular flexibility index (Phi) is 3.37. The average Bonchev–Trinajstić information content (AvgIpc) is 2.58. The van der Waals surface area contributed by atoms with Gasteiger partial charge in [-0.05, 0) is 28.4 Å². The van der Waals surface area contributed by atoms with Crippen LogP contribution in [0, 0.1) is 5.92 Å². The lowest BCUT2D eigenvalue weighted by atomic mass is 9.76. The molecule has 1 unspecified atom stereocenters. The number of ether oxygens (including phenoxy) is 1. The smallest absolute Gasteiger partial charge is 0.306 e. The standard InChI is InChI=1S/C11H13BrO3S/c1-7(10(13)14)3-11(5-15-6-11)9-2-8(12)4-16-9/h2,4,7H,3,5-6H2,1H3,(H,13,14). The number of carboxylic acids is 1. The van der Waals surface area contributed by atoms with Gasteiger partial charge in [0.15, 0.2) is 0 Å². The summed E-state index contributed by atoms with van der Waals surface area (Å²) in [5.74, 6) is -1.06. The molecule has 0 radical (unpaired) electrons. The molecule has 2 heterocycles. The molecule has 1 saturated heterocycles. The van der Waals surface area contributed by atoms with Gasteiger partial charge in [0, 0.05) is 14.7 Å². The lowest BCUT2D eigenvalue weighted by Gasteiger charge is -2.41. The van der Waals surface area contributed by atoms with Crippen LogP contribution in [0.5, 0.6) is 0 Å². The van der Waals surface area contributed by atoms with Crippen LogP contribution in [0.1, 0.15) is 18.2 Å². The Hall–Kier alpha value is -0.390. The van der Waals surface area contributed by atoms with Gasteiger partial charge >= 0.3 is 5.97 Å². The predicted molar refractivity (Wildman–Crippen MR) is 65.9 cm³/mol. The van der Waals surface area contributed by atoms with Crippen LogP contribution in [0.4, 0.5) is 0 Å². The van der Waals surface area contributed by atoms with Gasteiger partial charge in [-0.15, -0.1) is 11.3 Å². The molecule has 0 amide bonds. The molecule has 0 spiro atoms. The highest BCUT2D eigenvalue weighted by Crippen LogP contribution is 2.42. The van der Waals surface area contributed by atoms with E-state index in [1.165, 1.54) is 4.88 Å². The summed E-state index contributed by atoms with van der Waals surface area (Å²) in [6.07, 6.45) is 0.648. The summed E-state index contributed by atoms with van der Waals surface area (Å²) in [7, 11) is 0. The van der Waals surface area contributed by atoms with Crippen LogP contribution < -0.4 is 0 Å². The molecule has 88 valence electrons. The lowest BCUT2D eigenvalue weighted by Crippen LogP contribution is -2.48. The normalized spacial score (nSPS) is 20.1. The molecule has 5 heteroatoms. The zero-order chi connectivity index (χ0) is 11.8. The minimum atomic E-state index is -0.734. The largest absolute Gasteiger partial charge is 0.481 e. The molecule has 16 heavy (non-hydrogen) atoms. The van der Waals surface area contributed by atoms with E-state index in [0.29, 0.717) is 19.6 Å². The summed E-state index contributed by atoms with van der Waals surface area (Å²) in [5.41, 5.74) is -0.0749. The maximum absolute atomic E-state index is 10.9. The van der Waals surface area contributed by atoms with Crippen molar-refractivity contribution < 1.29 is 14.6 Å². The third kappa shape index (κ3) is 2.17. The van der Waals surface area contributed by atoms with E-state index < -0.39 is 5.97 Å². The first-order valence-corrected chi connectivity index (χ1v) is 6.76. The molecule has 0 saturated carbocycles. The van der Waals surface area contributed by atoms with Crippen molar-refractivity contribution >= 4 is 33.2 Å². The Bertz CT molecular complexity index is 398. The number of hydrogen-bond acceptors (Lipinski definition) is 3. The van der Waals surface area contributed by atoms with Crippen LogP contribution in [-0.4, -0.2) is 24.3 Å². The second-order valence-electron chi connectivity index (χ2n) is 4.35. The highest BCUT2D eigenvalue weighted by Gasteiger charge is 2.43. The molecule has 0 aromatic carbocycles. The van der Waals surface area contributed by atoms with E-state index in [9.17, 15) is 4.79 Å². The zero-order valence-corrected chi connectivity index (χ0v) is 11.3. The number of aliphatic carboxylic acids is 1. The minimum absolute atomic E-state index is 0.0749. The zero-order valence-electron chi connectivity index (χ0n) is 8.90. The van der Waals surface area contributed by atoms with Gasteiger partial charge in [-0.25, -0.2) is 0 Å². The molecule has 1 fully saturated rings. The first kappa shape index (κ1) is 12.1. The number of hydrogen-bond donors (Lipinski definition) is 1. The molecule has 3 nitrogen and oxygen atoms in total. The van der Waals surface area contributed by atoms with Crippen molar-refractivity contribution in [2.24, 2.45) is 5.92 Å². The van der Waals surface area contributed by atoms with Gasteiger partial charge in [-0.1, -0.05) is 6.92 Å². The van der Waals surface area contributed by atoms with Crippen molar-refractivity contribution in [3.8, 4) is 0 Å². The highest BCUT2D eigenvalue weighted by atomic mass is 79.9. The quantitative estimate of drug-likeness (QED) is 0.930. The summed E-state index contributed by atoms with van der Waals surface area (Å²) in [4.78, 5) is 12.1. The number of thiophene rings is 1. The van der Waals surface area contributed by atoms with Crippen molar-refractivity contribution in [3.05, 3.63) is 20.8 Å². The molecule has 1 aliphatic rings. The number of rotatable bonds is 4. The van der Waals surface area contributed by atoms with Crippen molar-refractivity contribution in [3.63, 3.8) is 0 Å². The fourth-order valence-corrected chi connectivity index (χ4v) is 3.59. The molecule has 2 rings (SSSR count). The maximum atomic E-state index is 10.9. The molecule has 1 aromatic heterocycles. The molecule has 1 N–H and O–H groups in total.